The summed E-state index contributed by atoms with van der Waals surface area (Å²) in [7, 11) is -1.47. The van der Waals surface area contributed by atoms with Gasteiger partial charge in [-0.15, -0.1) is 0 Å². The molecule has 0 bridgehead atoms. The topological polar surface area (TPSA) is 75.3 Å². The molecule has 1 aromatic carbocycles. The molecule has 1 aliphatic rings. The molecule has 0 aromatic heterocycles. The van der Waals surface area contributed by atoms with E-state index < -0.39 is 9.84 Å². The molecule has 2 rings (SSSR count). The average molecular weight is 310 g/mol. The Balaban J connectivity index is 2.25. The van der Waals surface area contributed by atoms with Gasteiger partial charge in [0.1, 0.15) is 0 Å². The molecule has 0 radical (unpaired) electrons. The Morgan fingerprint density at radius 1 is 1.29 bits per heavy atom. The smallest absolute Gasteiger partial charge is 0.251 e. The van der Waals surface area contributed by atoms with Crippen molar-refractivity contribution in [1.82, 2.24) is 5.32 Å². The lowest BCUT2D eigenvalue weighted by Crippen LogP contribution is -2.34. The number of sulfone groups is 1. The van der Waals surface area contributed by atoms with Crippen molar-refractivity contribution in [2.75, 3.05) is 18.6 Å². The fourth-order valence-corrected chi connectivity index (χ4v) is 4.26. The second-order valence-electron chi connectivity index (χ2n) is 5.66. The normalized spacial score (nSPS) is 22.0. The van der Waals surface area contributed by atoms with Crippen LogP contribution < -0.4 is 10.6 Å². The largest absolute Gasteiger partial charge is 0.381 e. The highest BCUT2D eigenvalue weighted by Crippen LogP contribution is 2.29. The van der Waals surface area contributed by atoms with E-state index in [1.165, 1.54) is 6.26 Å². The number of benzene rings is 1. The molecule has 2 atom stereocenters. The van der Waals surface area contributed by atoms with Gasteiger partial charge in [-0.3, -0.25) is 4.79 Å². The van der Waals surface area contributed by atoms with Crippen LogP contribution in [0.3, 0.4) is 0 Å². The highest BCUT2D eigenvalue weighted by atomic mass is 32.2. The molecule has 1 aliphatic carbocycles. The van der Waals surface area contributed by atoms with Gasteiger partial charge >= 0.3 is 0 Å². The maximum atomic E-state index is 11.8. The lowest BCUT2D eigenvalue weighted by atomic mass is 10.1. The fraction of sp³-hybridized carbons (Fsp3) is 0.533. The van der Waals surface area contributed by atoms with Gasteiger partial charge in [0.2, 0.25) is 0 Å². The quantitative estimate of drug-likeness (QED) is 0.888. The van der Waals surface area contributed by atoms with Crippen molar-refractivity contribution < 1.29 is 13.2 Å². The molecule has 0 heterocycles. The van der Waals surface area contributed by atoms with Gasteiger partial charge in [-0.25, -0.2) is 8.42 Å². The molecule has 0 spiro atoms. The highest BCUT2D eigenvalue weighted by Gasteiger charge is 2.34. The van der Waals surface area contributed by atoms with E-state index in [1.807, 2.05) is 13.0 Å². The van der Waals surface area contributed by atoms with Gasteiger partial charge in [0.15, 0.2) is 9.84 Å². The van der Waals surface area contributed by atoms with Gasteiger partial charge in [-0.05, 0) is 43.9 Å². The van der Waals surface area contributed by atoms with Crippen LogP contribution in [0.25, 0.3) is 0 Å². The molecule has 1 amide bonds. The molecular formula is C15H22N2O3S. The van der Waals surface area contributed by atoms with E-state index in [9.17, 15) is 13.2 Å². The lowest BCUT2D eigenvalue weighted by molar-refractivity contribution is 0.0963. The minimum Gasteiger partial charge on any atom is -0.381 e. The van der Waals surface area contributed by atoms with Crippen molar-refractivity contribution in [3.63, 3.8) is 0 Å². The van der Waals surface area contributed by atoms with Crippen LogP contribution in [0.15, 0.2) is 18.2 Å². The van der Waals surface area contributed by atoms with Gasteiger partial charge in [-0.2, -0.15) is 0 Å². The second kappa shape index (κ2) is 6.05. The molecule has 6 heteroatoms. The fourth-order valence-electron chi connectivity index (χ4n) is 2.87. The molecule has 2 N–H and O–H groups in total. The first-order valence-electron chi connectivity index (χ1n) is 7.11. The van der Waals surface area contributed by atoms with Crippen molar-refractivity contribution in [3.05, 3.63) is 29.3 Å². The number of carbonyl (C=O) groups excluding carboxylic acids is 1. The zero-order valence-corrected chi connectivity index (χ0v) is 13.5. The number of hydrogen-bond donors (Lipinski definition) is 2. The number of aryl methyl sites for hydroxylation is 1. The van der Waals surface area contributed by atoms with Crippen molar-refractivity contribution >= 4 is 21.4 Å². The van der Waals surface area contributed by atoms with Crippen molar-refractivity contribution in [3.8, 4) is 0 Å². The molecule has 21 heavy (non-hydrogen) atoms. The molecule has 5 nitrogen and oxygen atoms in total. The van der Waals surface area contributed by atoms with Crippen LogP contribution in [0.4, 0.5) is 5.69 Å². The Morgan fingerprint density at radius 2 is 2.00 bits per heavy atom. The predicted octanol–water partition coefficient (Wildman–Crippen LogP) is 1.73. The first kappa shape index (κ1) is 15.8. The van der Waals surface area contributed by atoms with Crippen LogP contribution in [0, 0.1) is 6.92 Å². The minimum atomic E-state index is -3.06. The van der Waals surface area contributed by atoms with Crippen LogP contribution in [-0.4, -0.2) is 38.9 Å². The Hall–Kier alpha value is -1.56. The summed E-state index contributed by atoms with van der Waals surface area (Å²) >= 11 is 0. The van der Waals surface area contributed by atoms with Crippen LogP contribution in [0.2, 0.25) is 0 Å². The van der Waals surface area contributed by atoms with Crippen molar-refractivity contribution in [2.24, 2.45) is 0 Å². The predicted molar refractivity (Wildman–Crippen MR) is 84.5 cm³/mol. The van der Waals surface area contributed by atoms with Crippen LogP contribution in [0.1, 0.15) is 35.2 Å². The zero-order chi connectivity index (χ0) is 15.6. The van der Waals surface area contributed by atoms with E-state index >= 15 is 0 Å². The molecule has 116 valence electrons. The number of rotatable bonds is 4. The summed E-state index contributed by atoms with van der Waals surface area (Å²) in [5.74, 6) is -0.149. The third-order valence-corrected chi connectivity index (χ3v) is 5.73. The maximum absolute atomic E-state index is 11.8. The summed E-state index contributed by atoms with van der Waals surface area (Å²) in [6.45, 7) is 1.94. The van der Waals surface area contributed by atoms with Crippen molar-refractivity contribution in [1.29, 1.82) is 0 Å². The Labute approximate surface area is 126 Å². The summed E-state index contributed by atoms with van der Waals surface area (Å²) in [5.41, 5.74) is 2.40. The van der Waals surface area contributed by atoms with Crippen LogP contribution in [-0.2, 0) is 9.84 Å². The SMILES string of the molecule is CNC(=O)c1ccc(C)c(NC2CCCC2S(C)(=O)=O)c1. The maximum Gasteiger partial charge on any atom is 0.251 e. The number of anilines is 1. The third kappa shape index (κ3) is 3.56. The van der Waals surface area contributed by atoms with Crippen molar-refractivity contribution in [2.45, 2.75) is 37.5 Å². The number of nitrogens with one attached hydrogen (secondary N) is 2. The standard InChI is InChI=1S/C15H22N2O3S/c1-10-7-8-11(15(18)16-2)9-13(10)17-12-5-4-6-14(12)21(3,19)20/h7-9,12,14,17H,4-6H2,1-3H3,(H,16,18). The molecular weight excluding hydrogens is 288 g/mol. The number of carbonyl (C=O) groups is 1. The summed E-state index contributed by atoms with van der Waals surface area (Å²) in [6.07, 6.45) is 3.74. The first-order valence-corrected chi connectivity index (χ1v) is 9.06. The monoisotopic (exact) mass is 310 g/mol. The van der Waals surface area contributed by atoms with Gasteiger partial charge in [-0.1, -0.05) is 6.07 Å². The van der Waals surface area contributed by atoms with E-state index in [2.05, 4.69) is 10.6 Å². The van der Waals surface area contributed by atoms with E-state index in [1.54, 1.807) is 19.2 Å². The third-order valence-electron chi connectivity index (χ3n) is 4.07. The van der Waals surface area contributed by atoms with Crippen LogP contribution >= 0.6 is 0 Å². The van der Waals surface area contributed by atoms with Gasteiger partial charge in [0.25, 0.3) is 5.91 Å². The summed E-state index contributed by atoms with van der Waals surface area (Å²) in [6, 6.07) is 5.34. The summed E-state index contributed by atoms with van der Waals surface area (Å²) in [5, 5.41) is 5.57. The molecule has 1 aromatic rings. The summed E-state index contributed by atoms with van der Waals surface area (Å²) in [4.78, 5) is 11.7. The van der Waals surface area contributed by atoms with E-state index in [0.717, 1.165) is 24.1 Å². The molecule has 1 saturated carbocycles. The number of hydrogen-bond acceptors (Lipinski definition) is 4. The van der Waals surface area contributed by atoms with Gasteiger partial charge in [0.05, 0.1) is 5.25 Å². The average Bonchev–Trinajstić information content (AvgIpc) is 2.88. The first-order chi connectivity index (χ1) is 9.82. The lowest BCUT2D eigenvalue weighted by Gasteiger charge is -2.22. The van der Waals surface area contributed by atoms with Gasteiger partial charge in [0, 0.05) is 30.6 Å². The molecule has 0 saturated heterocycles. The van der Waals surface area contributed by atoms with Crippen LogP contribution in [0.5, 0.6) is 0 Å². The molecule has 2 unspecified atom stereocenters. The molecule has 1 fully saturated rings. The highest BCUT2D eigenvalue weighted by molar-refractivity contribution is 7.91. The van der Waals surface area contributed by atoms with E-state index in [0.29, 0.717) is 12.0 Å². The van der Waals surface area contributed by atoms with E-state index in [-0.39, 0.29) is 17.2 Å². The number of amides is 1. The molecule has 0 aliphatic heterocycles. The Kier molecular flexibility index (Phi) is 4.56. The Morgan fingerprint density at radius 3 is 2.62 bits per heavy atom. The zero-order valence-electron chi connectivity index (χ0n) is 12.6. The second-order valence-corrected chi connectivity index (χ2v) is 7.92. The van der Waals surface area contributed by atoms with Gasteiger partial charge < -0.3 is 10.6 Å². The Bertz CT molecular complexity index is 640. The van der Waals surface area contributed by atoms with E-state index in [4.69, 9.17) is 0 Å². The minimum absolute atomic E-state index is 0.0846. The summed E-state index contributed by atoms with van der Waals surface area (Å²) < 4.78 is 23.7.